The lowest BCUT2D eigenvalue weighted by Gasteiger charge is -2.49. The van der Waals surface area contributed by atoms with Crippen LogP contribution in [0.4, 0.5) is 0 Å². The number of likely N-dealkylation sites (N-methyl/N-ethyl adjacent to an activating group) is 3. The van der Waals surface area contributed by atoms with Crippen LogP contribution in [-0.4, -0.2) is 54.0 Å². The highest BCUT2D eigenvalue weighted by molar-refractivity contribution is 5.56. The summed E-state index contributed by atoms with van der Waals surface area (Å²) in [5.41, 5.74) is 14.8. The first-order valence-electron chi connectivity index (χ1n) is 17.3. The van der Waals surface area contributed by atoms with Crippen molar-refractivity contribution >= 4 is 0 Å². The highest BCUT2D eigenvalue weighted by Gasteiger charge is 2.39. The van der Waals surface area contributed by atoms with Gasteiger partial charge in [-0.25, -0.2) is 0 Å². The minimum absolute atomic E-state index is 0. The molecule has 2 atom stereocenters. The first-order chi connectivity index (χ1) is 22.5. The van der Waals surface area contributed by atoms with E-state index >= 15 is 0 Å². The van der Waals surface area contributed by atoms with Crippen LogP contribution in [0.3, 0.4) is 0 Å². The van der Waals surface area contributed by atoms with Crippen molar-refractivity contribution in [3.05, 3.63) is 154 Å². The van der Waals surface area contributed by atoms with Gasteiger partial charge in [0.2, 0.25) is 0 Å². The summed E-state index contributed by atoms with van der Waals surface area (Å²) in [6, 6.07) is 8.93. The van der Waals surface area contributed by atoms with Crippen molar-refractivity contribution in [3.8, 4) is 0 Å². The van der Waals surface area contributed by atoms with Gasteiger partial charge in [-0.15, -0.1) is 0 Å². The Bertz CT molecular complexity index is 1650. The van der Waals surface area contributed by atoms with Crippen LogP contribution < -0.4 is 0 Å². The lowest BCUT2D eigenvalue weighted by molar-refractivity contribution is 0.0869. The second kappa shape index (κ2) is 14.4. The SMILES string of the molecule is C=C/C=C\C(C1=CN(C)C(=CO)C(Cc2ccc(C3(C)C(=C)N(C)CCN3C)cc2)=C1)=C(\C)CC(C)C(=C)C1=CC2=C(CCCC2)C1.[HH]. The monoisotopic (exact) mass is 631 g/mol. The van der Waals surface area contributed by atoms with Gasteiger partial charge in [0.1, 0.15) is 6.26 Å². The molecule has 2 heterocycles. The third-order valence-corrected chi connectivity index (χ3v) is 11.1. The Balaban J connectivity index is 0.00000520. The van der Waals surface area contributed by atoms with E-state index < -0.39 is 0 Å². The van der Waals surface area contributed by atoms with Crippen LogP contribution in [0.5, 0.6) is 0 Å². The molecule has 0 radical (unpaired) electrons. The fourth-order valence-corrected chi connectivity index (χ4v) is 7.79. The zero-order valence-corrected chi connectivity index (χ0v) is 29.7. The predicted molar refractivity (Wildman–Crippen MR) is 202 cm³/mol. The van der Waals surface area contributed by atoms with Gasteiger partial charge in [-0.3, -0.25) is 4.90 Å². The third kappa shape index (κ3) is 6.99. The number of nitrogens with zero attached hydrogens (tertiary/aromatic N) is 3. The van der Waals surface area contributed by atoms with Crippen LogP contribution in [0.25, 0.3) is 0 Å². The van der Waals surface area contributed by atoms with E-state index in [0.29, 0.717) is 12.3 Å². The molecule has 1 aromatic carbocycles. The molecule has 4 aliphatic rings. The molecule has 1 saturated heterocycles. The summed E-state index contributed by atoms with van der Waals surface area (Å²) >= 11 is 0. The van der Waals surface area contributed by atoms with Gasteiger partial charge in [0.05, 0.1) is 11.2 Å². The van der Waals surface area contributed by atoms with Gasteiger partial charge in [-0.2, -0.15) is 0 Å². The van der Waals surface area contributed by atoms with Crippen LogP contribution in [0.15, 0.2) is 143 Å². The van der Waals surface area contributed by atoms with Crippen molar-refractivity contribution in [2.24, 2.45) is 5.92 Å². The minimum Gasteiger partial charge on any atom is -0.513 e. The number of rotatable bonds is 10. The van der Waals surface area contributed by atoms with E-state index in [0.717, 1.165) is 48.5 Å². The summed E-state index contributed by atoms with van der Waals surface area (Å²) in [4.78, 5) is 6.70. The zero-order chi connectivity index (χ0) is 33.9. The second-order valence-corrected chi connectivity index (χ2v) is 14.2. The number of allylic oxidation sites excluding steroid dienone is 13. The molecule has 4 nitrogen and oxygen atoms in total. The highest BCUT2D eigenvalue weighted by atomic mass is 16.2. The van der Waals surface area contributed by atoms with Crippen LogP contribution in [0.1, 0.15) is 71.8 Å². The Morgan fingerprint density at radius 3 is 2.49 bits per heavy atom. The number of piperazine rings is 1. The summed E-state index contributed by atoms with van der Waals surface area (Å²) < 4.78 is 0. The maximum absolute atomic E-state index is 10.3. The molecule has 5 rings (SSSR count). The summed E-state index contributed by atoms with van der Waals surface area (Å²) in [6.45, 7) is 21.8. The molecule has 250 valence electrons. The zero-order valence-electron chi connectivity index (χ0n) is 29.7. The van der Waals surface area contributed by atoms with Gasteiger partial charge < -0.3 is 14.9 Å². The summed E-state index contributed by atoms with van der Waals surface area (Å²) in [5, 5.41) is 10.3. The fraction of sp³-hybridized carbons (Fsp3) is 0.395. The molecule has 0 spiro atoms. The molecule has 0 aromatic heterocycles. The van der Waals surface area contributed by atoms with E-state index in [2.05, 4.69) is 113 Å². The Labute approximate surface area is 286 Å². The second-order valence-electron chi connectivity index (χ2n) is 14.2. The molecule has 47 heavy (non-hydrogen) atoms. The van der Waals surface area contributed by atoms with Crippen molar-refractivity contribution in [3.63, 3.8) is 0 Å². The summed E-state index contributed by atoms with van der Waals surface area (Å²) in [7, 11) is 6.32. The molecule has 0 saturated carbocycles. The van der Waals surface area contributed by atoms with Crippen LogP contribution in [0.2, 0.25) is 0 Å². The van der Waals surface area contributed by atoms with Gasteiger partial charge in [0.25, 0.3) is 0 Å². The first kappa shape index (κ1) is 34.3. The van der Waals surface area contributed by atoms with Gasteiger partial charge in [0, 0.05) is 40.5 Å². The quantitative estimate of drug-likeness (QED) is 0.206. The van der Waals surface area contributed by atoms with Crippen LogP contribution >= 0.6 is 0 Å². The molecule has 1 aromatic rings. The average molecular weight is 632 g/mol. The Morgan fingerprint density at radius 1 is 1.09 bits per heavy atom. The van der Waals surface area contributed by atoms with E-state index in [1.165, 1.54) is 65.4 Å². The molecular formula is C43H57N3O. The normalized spacial score (nSPS) is 24.3. The van der Waals surface area contributed by atoms with Crippen molar-refractivity contribution < 1.29 is 6.53 Å². The average Bonchev–Trinajstić information content (AvgIpc) is 3.50. The number of hydrogen-bond acceptors (Lipinski definition) is 4. The molecule has 2 aliphatic heterocycles. The van der Waals surface area contributed by atoms with Crippen molar-refractivity contribution in [2.75, 3.05) is 34.2 Å². The standard InChI is InChI=1S/C43H55N3O.H2/c1-10-11-16-41(31(3)23-30(2)32(4)37-25-35-14-12-13-15-36(35)26-37)39-27-38(42(29-47)45(8)28-39)24-34-17-19-40(20-18-34)43(6)33(5)44(7)21-22-46(43)9;/h10-11,16-20,25,27-30,47H,1,4-5,12-15,21-24,26H2,2-3,6-9H3;1H/b16-11-,41-31+,42-29?;. The van der Waals surface area contributed by atoms with Gasteiger partial charge >= 0.3 is 0 Å². The maximum atomic E-state index is 10.3. The Hall–Kier alpha value is -4.02. The van der Waals surface area contributed by atoms with Crippen molar-refractivity contribution in [1.82, 2.24) is 14.7 Å². The molecule has 1 fully saturated rings. The summed E-state index contributed by atoms with van der Waals surface area (Å²) in [5.74, 6) is 0.340. The molecule has 2 aliphatic carbocycles. The fourth-order valence-electron chi connectivity index (χ4n) is 7.79. The Morgan fingerprint density at radius 2 is 1.81 bits per heavy atom. The Kier molecular flexibility index (Phi) is 10.5. The van der Waals surface area contributed by atoms with E-state index in [9.17, 15) is 5.11 Å². The molecule has 0 bridgehead atoms. The number of aliphatic hydroxyl groups excluding tert-OH is 1. The number of hydrogen-bond donors (Lipinski definition) is 1. The molecular weight excluding hydrogens is 574 g/mol. The molecule has 4 heteroatoms. The third-order valence-electron chi connectivity index (χ3n) is 11.1. The van der Waals surface area contributed by atoms with Crippen molar-refractivity contribution in [1.29, 1.82) is 0 Å². The van der Waals surface area contributed by atoms with E-state index in [1.54, 1.807) is 11.1 Å². The van der Waals surface area contributed by atoms with Gasteiger partial charge in [-0.1, -0.05) is 86.4 Å². The topological polar surface area (TPSA) is 30.0 Å². The minimum atomic E-state index is -0.247. The van der Waals surface area contributed by atoms with Gasteiger partial charge in [-0.05, 0) is 122 Å². The van der Waals surface area contributed by atoms with Crippen molar-refractivity contribution in [2.45, 2.75) is 71.3 Å². The molecule has 2 unspecified atom stereocenters. The lowest BCUT2D eigenvalue weighted by atomic mass is 9.84. The lowest BCUT2D eigenvalue weighted by Crippen LogP contribution is -2.54. The van der Waals surface area contributed by atoms with Crippen LogP contribution in [0, 0.1) is 5.92 Å². The molecule has 0 amide bonds. The molecule has 1 N–H and O–H groups in total. The van der Waals surface area contributed by atoms with E-state index in [-0.39, 0.29) is 6.97 Å². The van der Waals surface area contributed by atoms with Crippen LogP contribution in [-0.2, 0) is 12.0 Å². The smallest absolute Gasteiger partial charge is 0.103 e. The maximum Gasteiger partial charge on any atom is 0.103 e. The highest BCUT2D eigenvalue weighted by Crippen LogP contribution is 2.42. The van der Waals surface area contributed by atoms with Gasteiger partial charge in [0.15, 0.2) is 0 Å². The van der Waals surface area contributed by atoms with E-state index in [4.69, 9.17) is 0 Å². The number of benzene rings is 1. The number of aliphatic hydroxyl groups is 1. The summed E-state index contributed by atoms with van der Waals surface area (Å²) in [6.07, 6.45) is 21.9. The predicted octanol–water partition coefficient (Wildman–Crippen LogP) is 10.1. The van der Waals surface area contributed by atoms with E-state index in [1.807, 2.05) is 24.1 Å². The first-order valence-corrected chi connectivity index (χ1v) is 17.3. The largest absolute Gasteiger partial charge is 0.513 e.